The molecule has 5 aliphatic carbocycles. The van der Waals surface area contributed by atoms with Crippen LogP contribution >= 0.6 is 0 Å². The highest BCUT2D eigenvalue weighted by atomic mass is 16.7. The van der Waals surface area contributed by atoms with Crippen molar-refractivity contribution < 1.29 is 59.2 Å². The van der Waals surface area contributed by atoms with E-state index in [9.17, 15) is 40.2 Å². The largest absolute Gasteiger partial charge is 0.481 e. The minimum absolute atomic E-state index is 0.00361. The van der Waals surface area contributed by atoms with Crippen LogP contribution in [0.3, 0.4) is 0 Å². The van der Waals surface area contributed by atoms with E-state index in [1.54, 1.807) is 0 Å². The molecule has 0 bridgehead atoms. The Morgan fingerprint density at radius 1 is 0.807 bits per heavy atom. The smallest absolute Gasteiger partial charge is 0.310 e. The number of aliphatic hydroxyl groups excluding tert-OH is 5. The fraction of sp³-hybridized carbons (Fsp3) is 0.909. The molecule has 7 aliphatic rings. The summed E-state index contributed by atoms with van der Waals surface area (Å²) in [7, 11) is 0. The monoisotopic (exact) mass is 805 g/mol. The first kappa shape index (κ1) is 43.4. The van der Waals surface area contributed by atoms with Gasteiger partial charge >= 0.3 is 5.97 Å². The van der Waals surface area contributed by atoms with E-state index in [1.807, 2.05) is 0 Å². The Kier molecular flexibility index (Phi) is 11.2. The van der Waals surface area contributed by atoms with E-state index in [0.29, 0.717) is 12.3 Å². The quantitative estimate of drug-likeness (QED) is 0.144. The Balaban J connectivity index is 1.11. The van der Waals surface area contributed by atoms with E-state index in [2.05, 4.69) is 59.9 Å². The maximum Gasteiger partial charge on any atom is 0.310 e. The van der Waals surface area contributed by atoms with Crippen LogP contribution in [0.1, 0.15) is 127 Å². The van der Waals surface area contributed by atoms with Crippen LogP contribution in [0.5, 0.6) is 0 Å². The van der Waals surface area contributed by atoms with Crippen molar-refractivity contribution in [3.05, 3.63) is 11.6 Å². The minimum Gasteiger partial charge on any atom is -0.481 e. The lowest BCUT2D eigenvalue weighted by molar-refractivity contribution is -0.328. The average Bonchev–Trinajstić information content (AvgIpc) is 3.12. The number of carbonyl (C=O) groups is 2. The number of fused-ring (bicyclic) bond motifs is 7. The molecule has 324 valence electrons. The van der Waals surface area contributed by atoms with Gasteiger partial charge in [-0.3, -0.25) is 9.59 Å². The van der Waals surface area contributed by atoms with E-state index in [4.69, 9.17) is 18.9 Å². The number of carboxylic acid groups (broad SMARTS) is 1. The Bertz CT molecular complexity index is 1590. The molecule has 0 aromatic heterocycles. The van der Waals surface area contributed by atoms with Gasteiger partial charge < -0.3 is 54.9 Å². The number of aliphatic hydroxyl groups is 5. The number of hydrogen-bond acceptors (Lipinski definition) is 11. The van der Waals surface area contributed by atoms with Gasteiger partial charge in [0.05, 0.1) is 24.2 Å². The van der Waals surface area contributed by atoms with Gasteiger partial charge in [-0.25, -0.2) is 0 Å². The van der Waals surface area contributed by atoms with Crippen LogP contribution in [0.2, 0.25) is 0 Å². The number of aliphatic carboxylic acids is 1. The SMILES string of the molecule is CC(=O)N[C@H]1[C@H](O[C@H]2CC[C@]3(C)[C@H]4CC=C5[C@@H]6CC(C)(C)CC[C@]6(C(=O)O)CC[C@@]5(C)[C@]4(C)CC[C@H]3C2(C)C)O[C@H](CO[C@@H]2O[C@@H](C)[C@H](O)[C@@H](O)[C@H]2O)[C@@H](O)[C@@H]1O. The van der Waals surface area contributed by atoms with Crippen LogP contribution in [-0.2, 0) is 28.5 Å². The third-order valence-corrected chi connectivity index (χ3v) is 17.6. The fourth-order valence-corrected chi connectivity index (χ4v) is 13.9. The van der Waals surface area contributed by atoms with E-state index in [1.165, 1.54) is 19.4 Å². The molecule has 6 fully saturated rings. The van der Waals surface area contributed by atoms with Gasteiger partial charge in [0.15, 0.2) is 12.6 Å². The Hall–Kier alpha value is -1.68. The van der Waals surface area contributed by atoms with Crippen molar-refractivity contribution in [3.63, 3.8) is 0 Å². The number of hydrogen-bond donors (Lipinski definition) is 7. The molecule has 13 heteroatoms. The third-order valence-electron chi connectivity index (χ3n) is 17.6. The van der Waals surface area contributed by atoms with Gasteiger partial charge in [-0.1, -0.05) is 60.1 Å². The van der Waals surface area contributed by atoms with Crippen molar-refractivity contribution in [1.82, 2.24) is 5.32 Å². The summed E-state index contributed by atoms with van der Waals surface area (Å²) < 4.78 is 24.5. The van der Waals surface area contributed by atoms with E-state index in [-0.39, 0.29) is 51.6 Å². The number of allylic oxidation sites excluding steroid dienone is 2. The summed E-state index contributed by atoms with van der Waals surface area (Å²) in [5, 5.41) is 66.9. The second-order valence-electron chi connectivity index (χ2n) is 21.4. The highest BCUT2D eigenvalue weighted by molar-refractivity contribution is 5.76. The van der Waals surface area contributed by atoms with Gasteiger partial charge in [0, 0.05) is 6.92 Å². The second-order valence-corrected chi connectivity index (χ2v) is 21.4. The lowest BCUT2D eigenvalue weighted by atomic mass is 9.33. The molecular weight excluding hydrogens is 734 g/mol. The summed E-state index contributed by atoms with van der Waals surface area (Å²) >= 11 is 0. The van der Waals surface area contributed by atoms with Crippen molar-refractivity contribution in [2.45, 2.75) is 194 Å². The summed E-state index contributed by atoms with van der Waals surface area (Å²) in [6.07, 6.45) is -0.787. The van der Waals surface area contributed by atoms with Crippen LogP contribution in [-0.4, -0.2) is 117 Å². The molecule has 2 saturated heterocycles. The molecular formula is C44H71NO12. The highest BCUT2D eigenvalue weighted by Crippen LogP contribution is 2.76. The normalized spacial score (nSPS) is 51.6. The van der Waals surface area contributed by atoms with Gasteiger partial charge in [-0.05, 0) is 116 Å². The molecule has 13 nitrogen and oxygen atoms in total. The summed E-state index contributed by atoms with van der Waals surface area (Å²) in [5.74, 6) is -0.312. The average molecular weight is 806 g/mol. The van der Waals surface area contributed by atoms with Crippen LogP contribution in [0.4, 0.5) is 0 Å². The Morgan fingerprint density at radius 3 is 2.16 bits per heavy atom. The van der Waals surface area contributed by atoms with Gasteiger partial charge in [-0.2, -0.15) is 0 Å². The predicted molar refractivity (Wildman–Crippen MR) is 208 cm³/mol. The molecule has 0 aromatic carbocycles. The Labute approximate surface area is 338 Å². The molecule has 18 atom stereocenters. The molecule has 0 spiro atoms. The molecule has 0 radical (unpaired) electrons. The third kappa shape index (κ3) is 6.76. The van der Waals surface area contributed by atoms with Crippen LogP contribution in [0.25, 0.3) is 0 Å². The molecule has 0 unspecified atom stereocenters. The maximum absolute atomic E-state index is 13.1. The maximum atomic E-state index is 13.1. The molecule has 0 aromatic rings. The zero-order valence-corrected chi connectivity index (χ0v) is 35.6. The lowest BCUT2D eigenvalue weighted by Gasteiger charge is -2.71. The zero-order valence-electron chi connectivity index (χ0n) is 35.6. The van der Waals surface area contributed by atoms with Crippen molar-refractivity contribution in [1.29, 1.82) is 0 Å². The van der Waals surface area contributed by atoms with Gasteiger partial charge in [0.25, 0.3) is 0 Å². The predicted octanol–water partition coefficient (Wildman–Crippen LogP) is 4.05. The molecule has 4 saturated carbocycles. The van der Waals surface area contributed by atoms with E-state index in [0.717, 1.165) is 57.8 Å². The summed E-state index contributed by atoms with van der Waals surface area (Å²) in [5.41, 5.74) is 0.366. The number of carbonyl (C=O) groups excluding carboxylic acids is 1. The first-order valence-corrected chi connectivity index (χ1v) is 21.6. The van der Waals surface area contributed by atoms with E-state index >= 15 is 0 Å². The highest BCUT2D eigenvalue weighted by Gasteiger charge is 2.69. The van der Waals surface area contributed by atoms with Gasteiger partial charge in [0.1, 0.15) is 42.7 Å². The lowest BCUT2D eigenvalue weighted by Crippen LogP contribution is -2.67. The van der Waals surface area contributed by atoms with Crippen molar-refractivity contribution >= 4 is 11.9 Å². The molecule has 2 heterocycles. The number of ether oxygens (including phenoxy) is 4. The first-order valence-electron chi connectivity index (χ1n) is 21.6. The van der Waals surface area contributed by atoms with Crippen LogP contribution in [0.15, 0.2) is 11.6 Å². The van der Waals surface area contributed by atoms with Gasteiger partial charge in [-0.15, -0.1) is 0 Å². The van der Waals surface area contributed by atoms with Crippen LogP contribution < -0.4 is 5.32 Å². The number of amides is 1. The first-order chi connectivity index (χ1) is 26.4. The van der Waals surface area contributed by atoms with Gasteiger partial charge in [0.2, 0.25) is 5.91 Å². The van der Waals surface area contributed by atoms with Crippen molar-refractivity contribution in [3.8, 4) is 0 Å². The minimum atomic E-state index is -1.56. The standard InChI is InChI=1S/C44H71NO12/c1-22-31(47)34(50)35(51)37(55-22)54-21-26-32(48)33(49)30(45-23(2)46)36(56-26)57-29-13-14-41(7)27(40(29,5)6)12-15-43(9)28(41)11-10-24-25-20-39(3,4)16-18-44(25,38(52)53)19-17-42(24,43)8/h10,22,25-37,47-51H,11-21H2,1-9H3,(H,45,46)(H,52,53)/t22-,25-,26+,27-,28+,29-,30+,31-,32+,33+,34+,35+,36-,37+,41-,42+,43+,44-/m0/s1. The second kappa shape index (κ2) is 14.8. The zero-order chi connectivity index (χ0) is 41.8. The number of rotatable bonds is 7. The van der Waals surface area contributed by atoms with Crippen molar-refractivity contribution in [2.75, 3.05) is 6.61 Å². The molecule has 1 amide bonds. The van der Waals surface area contributed by atoms with Crippen molar-refractivity contribution in [2.24, 2.45) is 50.2 Å². The fourth-order valence-electron chi connectivity index (χ4n) is 13.9. The summed E-state index contributed by atoms with van der Waals surface area (Å²) in [4.78, 5) is 25.5. The summed E-state index contributed by atoms with van der Waals surface area (Å²) in [6.45, 7) is 19.1. The van der Waals surface area contributed by atoms with Crippen LogP contribution in [0, 0.1) is 50.2 Å². The number of nitrogens with one attached hydrogen (secondary N) is 1. The molecule has 7 rings (SSSR count). The molecule has 57 heavy (non-hydrogen) atoms. The molecule has 2 aliphatic heterocycles. The Morgan fingerprint density at radius 2 is 1.49 bits per heavy atom. The van der Waals surface area contributed by atoms with E-state index < -0.39 is 78.6 Å². The number of carboxylic acids is 1. The molecule has 7 N–H and O–H groups in total. The topological polar surface area (TPSA) is 204 Å². The summed E-state index contributed by atoms with van der Waals surface area (Å²) in [6, 6.07) is -1.07.